The lowest BCUT2D eigenvalue weighted by Gasteiger charge is -2.08. The second-order valence-corrected chi connectivity index (χ2v) is 4.40. The van der Waals surface area contributed by atoms with Crippen LogP contribution in [0.2, 0.25) is 0 Å². The van der Waals surface area contributed by atoms with Crippen molar-refractivity contribution in [2.75, 3.05) is 6.61 Å². The number of aryl methyl sites for hydroxylation is 1. The second-order valence-electron chi connectivity index (χ2n) is 4.40. The van der Waals surface area contributed by atoms with Gasteiger partial charge < -0.3 is 14.8 Å². The maximum absolute atomic E-state index is 10.9. The predicted molar refractivity (Wildman–Crippen MR) is 74.1 cm³/mol. The number of nitrogens with zero attached hydrogens (tertiary/aromatic N) is 2. The van der Waals surface area contributed by atoms with Gasteiger partial charge in [-0.2, -0.15) is 5.10 Å². The van der Waals surface area contributed by atoms with Crippen LogP contribution < -0.4 is 10.2 Å². The molecule has 7 heteroatoms. The first-order chi connectivity index (χ1) is 9.60. The summed E-state index contributed by atoms with van der Waals surface area (Å²) in [6.07, 6.45) is 4.95. The first-order valence-electron chi connectivity index (χ1n) is 6.15. The quantitative estimate of drug-likeness (QED) is 0.549. The van der Waals surface area contributed by atoms with Gasteiger partial charge in [0.05, 0.1) is 12.8 Å². The van der Waals surface area contributed by atoms with E-state index in [9.17, 15) is 4.79 Å². The van der Waals surface area contributed by atoms with Crippen molar-refractivity contribution in [3.8, 4) is 5.75 Å². The molecule has 1 heterocycles. The lowest BCUT2D eigenvalue weighted by molar-refractivity contribution is 0.112. The van der Waals surface area contributed by atoms with Gasteiger partial charge in [-0.3, -0.25) is 9.48 Å². The van der Waals surface area contributed by atoms with Crippen LogP contribution in [-0.2, 0) is 13.5 Å². The minimum atomic E-state index is -1.67. The van der Waals surface area contributed by atoms with Crippen LogP contribution in [0.15, 0.2) is 30.6 Å². The van der Waals surface area contributed by atoms with Crippen LogP contribution in [0, 0.1) is 0 Å². The summed E-state index contributed by atoms with van der Waals surface area (Å²) in [5, 5.41) is 22.3. The third kappa shape index (κ3) is 3.46. The summed E-state index contributed by atoms with van der Waals surface area (Å²) in [5.74, 6) is 0.514. The largest absolute Gasteiger partial charge is 0.493 e. The molecule has 2 rings (SSSR count). The molecule has 2 aromatic rings. The van der Waals surface area contributed by atoms with Crippen LogP contribution in [0.25, 0.3) is 0 Å². The molecule has 0 aliphatic rings. The van der Waals surface area contributed by atoms with E-state index in [2.05, 4.69) is 5.10 Å². The molecular weight excluding hydrogens is 259 g/mol. The summed E-state index contributed by atoms with van der Waals surface area (Å²) in [6.45, 7) is 0.449. The Kier molecular flexibility index (Phi) is 4.55. The highest BCUT2D eigenvalue weighted by Crippen LogP contribution is 2.12. The fraction of sp³-hybridized carbons (Fsp3) is 0.231. The summed E-state index contributed by atoms with van der Waals surface area (Å²) in [6, 6.07) is 4.56. The van der Waals surface area contributed by atoms with Crippen LogP contribution in [-0.4, -0.2) is 39.8 Å². The minimum absolute atomic E-state index is 0.166. The van der Waals surface area contributed by atoms with Crippen LogP contribution >= 0.6 is 0 Å². The molecule has 1 aromatic heterocycles. The van der Waals surface area contributed by atoms with Gasteiger partial charge in [0.25, 0.3) is 0 Å². The zero-order valence-electron chi connectivity index (χ0n) is 11.1. The average molecular weight is 274 g/mol. The standard InChI is InChI=1S/C13H15BN2O4/c1-16-8-10(7-15-16)4-5-20-12-2-3-13(14(18)19)11(6-12)9-17/h2-3,6-9,18-19H,4-5H2,1H3. The molecule has 20 heavy (non-hydrogen) atoms. The number of carbonyl (C=O) groups is 1. The second kappa shape index (κ2) is 6.36. The Hall–Kier alpha value is -2.12. The SMILES string of the molecule is Cn1cc(CCOc2ccc(B(O)O)c(C=O)c2)cn1. The molecule has 0 saturated carbocycles. The minimum Gasteiger partial charge on any atom is -0.493 e. The number of hydrogen-bond acceptors (Lipinski definition) is 5. The first-order valence-corrected chi connectivity index (χ1v) is 6.15. The third-order valence-corrected chi connectivity index (χ3v) is 2.88. The van der Waals surface area contributed by atoms with Gasteiger partial charge in [0.2, 0.25) is 0 Å². The molecule has 6 nitrogen and oxygen atoms in total. The number of carbonyl (C=O) groups excluding carboxylic acids is 1. The molecule has 104 valence electrons. The van der Waals surface area contributed by atoms with Crippen molar-refractivity contribution in [2.45, 2.75) is 6.42 Å². The molecule has 0 atom stereocenters. The predicted octanol–water partition coefficient (Wildman–Crippen LogP) is -0.466. The van der Waals surface area contributed by atoms with Gasteiger partial charge in [-0.05, 0) is 23.2 Å². The van der Waals surface area contributed by atoms with E-state index in [-0.39, 0.29) is 11.0 Å². The molecule has 2 N–H and O–H groups in total. The smallest absolute Gasteiger partial charge is 0.489 e. The summed E-state index contributed by atoms with van der Waals surface area (Å²) in [5.41, 5.74) is 1.43. The molecule has 0 aliphatic heterocycles. The number of benzene rings is 1. The molecule has 0 radical (unpaired) electrons. The van der Waals surface area contributed by atoms with Gasteiger partial charge in [-0.15, -0.1) is 0 Å². The highest BCUT2D eigenvalue weighted by atomic mass is 16.5. The number of aldehydes is 1. The van der Waals surface area contributed by atoms with Crippen molar-refractivity contribution in [2.24, 2.45) is 7.05 Å². The maximum Gasteiger partial charge on any atom is 0.489 e. The van der Waals surface area contributed by atoms with E-state index in [1.807, 2.05) is 13.2 Å². The third-order valence-electron chi connectivity index (χ3n) is 2.88. The Morgan fingerprint density at radius 1 is 1.45 bits per heavy atom. The van der Waals surface area contributed by atoms with E-state index in [0.717, 1.165) is 5.56 Å². The monoisotopic (exact) mass is 274 g/mol. The molecule has 0 spiro atoms. The van der Waals surface area contributed by atoms with Gasteiger partial charge in [0.15, 0.2) is 0 Å². The Morgan fingerprint density at radius 3 is 2.85 bits per heavy atom. The summed E-state index contributed by atoms with van der Waals surface area (Å²) >= 11 is 0. The van der Waals surface area contributed by atoms with Crippen LogP contribution in [0.5, 0.6) is 5.75 Å². The van der Waals surface area contributed by atoms with E-state index >= 15 is 0 Å². The number of ether oxygens (including phenoxy) is 1. The van der Waals surface area contributed by atoms with E-state index in [0.29, 0.717) is 25.1 Å². The fourth-order valence-electron chi connectivity index (χ4n) is 1.87. The maximum atomic E-state index is 10.9. The topological polar surface area (TPSA) is 84.6 Å². The Balaban J connectivity index is 1.97. The van der Waals surface area contributed by atoms with Crippen LogP contribution in [0.4, 0.5) is 0 Å². The van der Waals surface area contributed by atoms with Crippen molar-refractivity contribution in [1.82, 2.24) is 9.78 Å². The molecular formula is C13H15BN2O4. The summed E-state index contributed by atoms with van der Waals surface area (Å²) < 4.78 is 7.26. The molecule has 0 aliphatic carbocycles. The summed E-state index contributed by atoms with van der Waals surface area (Å²) in [7, 11) is 0.180. The van der Waals surface area contributed by atoms with Gasteiger partial charge >= 0.3 is 7.12 Å². The first kappa shape index (κ1) is 14.3. The van der Waals surface area contributed by atoms with Crippen LogP contribution in [0.1, 0.15) is 15.9 Å². The molecule has 0 unspecified atom stereocenters. The highest BCUT2D eigenvalue weighted by Gasteiger charge is 2.16. The lowest BCUT2D eigenvalue weighted by atomic mass is 9.77. The molecule has 0 amide bonds. The summed E-state index contributed by atoms with van der Waals surface area (Å²) in [4.78, 5) is 10.9. The van der Waals surface area contributed by atoms with E-state index < -0.39 is 7.12 Å². The fourth-order valence-corrected chi connectivity index (χ4v) is 1.87. The van der Waals surface area contributed by atoms with Crippen molar-refractivity contribution in [3.63, 3.8) is 0 Å². The Labute approximate surface area is 116 Å². The number of rotatable bonds is 6. The van der Waals surface area contributed by atoms with Gasteiger partial charge in [-0.1, -0.05) is 6.07 Å². The van der Waals surface area contributed by atoms with Gasteiger partial charge in [-0.25, -0.2) is 0 Å². The van der Waals surface area contributed by atoms with Crippen molar-refractivity contribution in [1.29, 1.82) is 0 Å². The Bertz CT molecular complexity index is 598. The number of hydrogen-bond donors (Lipinski definition) is 2. The van der Waals surface area contributed by atoms with E-state index in [4.69, 9.17) is 14.8 Å². The molecule has 0 bridgehead atoms. The molecule has 0 fully saturated rings. The van der Waals surface area contributed by atoms with Crippen LogP contribution in [0.3, 0.4) is 0 Å². The molecule has 0 saturated heterocycles. The van der Waals surface area contributed by atoms with E-state index in [1.54, 1.807) is 16.9 Å². The van der Waals surface area contributed by atoms with Gasteiger partial charge in [0, 0.05) is 25.2 Å². The normalized spacial score (nSPS) is 10.3. The van der Waals surface area contributed by atoms with Crippen molar-refractivity contribution < 1.29 is 19.6 Å². The Morgan fingerprint density at radius 2 is 2.25 bits per heavy atom. The zero-order chi connectivity index (χ0) is 14.5. The highest BCUT2D eigenvalue weighted by molar-refractivity contribution is 6.60. The zero-order valence-corrected chi connectivity index (χ0v) is 11.1. The van der Waals surface area contributed by atoms with Crippen molar-refractivity contribution in [3.05, 3.63) is 41.7 Å². The van der Waals surface area contributed by atoms with Gasteiger partial charge in [0.1, 0.15) is 12.0 Å². The van der Waals surface area contributed by atoms with Crippen molar-refractivity contribution >= 4 is 18.9 Å². The average Bonchev–Trinajstić information content (AvgIpc) is 2.84. The van der Waals surface area contributed by atoms with E-state index in [1.165, 1.54) is 12.1 Å². The lowest BCUT2D eigenvalue weighted by Crippen LogP contribution is -2.32. The molecule has 1 aromatic carbocycles. The number of aromatic nitrogens is 2.